The number of nitrogens with zero attached hydrogens (tertiary/aromatic N) is 1. The van der Waals surface area contributed by atoms with Crippen molar-refractivity contribution in [1.29, 1.82) is 0 Å². The van der Waals surface area contributed by atoms with Crippen LogP contribution in [0.25, 0.3) is 45.5 Å². The normalized spacial score (nSPS) is 13.5. The van der Waals surface area contributed by atoms with Crippen LogP contribution in [0.2, 0.25) is 0 Å². The van der Waals surface area contributed by atoms with Gasteiger partial charge >= 0.3 is 0 Å². The van der Waals surface area contributed by atoms with E-state index in [4.69, 9.17) is 4.74 Å². The Labute approximate surface area is 309 Å². The first-order chi connectivity index (χ1) is 26.3. The van der Waals surface area contributed by atoms with Crippen molar-refractivity contribution in [1.82, 2.24) is 0 Å². The van der Waals surface area contributed by atoms with Gasteiger partial charge < -0.3 is 9.64 Å². The molecule has 0 amide bonds. The maximum atomic E-state index is 7.10. The molecule has 2 heteroatoms. The molecule has 11 rings (SSSR count). The van der Waals surface area contributed by atoms with Gasteiger partial charge in [-0.2, -0.15) is 0 Å². The molecule has 2 nitrogen and oxygen atoms in total. The molecular weight excluding hydrogens is 643 g/mol. The summed E-state index contributed by atoms with van der Waals surface area (Å²) in [4.78, 5) is 2.41. The monoisotopic (exact) mass is 675 g/mol. The molecule has 248 valence electrons. The fourth-order valence-corrected chi connectivity index (χ4v) is 9.21. The fraction of sp³-hybridized carbons (Fsp3) is 0.0196. The van der Waals surface area contributed by atoms with Crippen molar-refractivity contribution in [3.8, 4) is 44.9 Å². The molecule has 1 heterocycles. The zero-order valence-corrected chi connectivity index (χ0v) is 28.9. The van der Waals surface area contributed by atoms with Crippen molar-refractivity contribution in [3.05, 3.63) is 221 Å². The van der Waals surface area contributed by atoms with Crippen LogP contribution >= 0.6 is 0 Å². The van der Waals surface area contributed by atoms with Crippen LogP contribution in [-0.4, -0.2) is 0 Å². The molecule has 0 saturated carbocycles. The quantitative estimate of drug-likeness (QED) is 0.185. The Bertz CT molecular complexity index is 2730. The maximum Gasteiger partial charge on any atom is 0.159 e. The van der Waals surface area contributed by atoms with Crippen molar-refractivity contribution < 1.29 is 4.74 Å². The summed E-state index contributed by atoms with van der Waals surface area (Å²) >= 11 is 0. The van der Waals surface area contributed by atoms with Crippen LogP contribution in [0.4, 0.5) is 17.1 Å². The number of anilines is 3. The van der Waals surface area contributed by atoms with E-state index in [1.54, 1.807) is 0 Å². The average molecular weight is 676 g/mol. The van der Waals surface area contributed by atoms with Gasteiger partial charge in [0.05, 0.1) is 16.8 Å². The first kappa shape index (κ1) is 29.8. The number of hydrogen-bond donors (Lipinski definition) is 0. The van der Waals surface area contributed by atoms with E-state index >= 15 is 0 Å². The SMILES string of the molecule is C1=Cc2ccccc2C2(c3ccccc31)c1ccccc1-c1c(N(c3ccccc3)c3cccc4c3Oc3ccccc3-c3ccccc3-4)cccc12. The van der Waals surface area contributed by atoms with Crippen molar-refractivity contribution in [2.75, 3.05) is 4.90 Å². The topological polar surface area (TPSA) is 12.5 Å². The van der Waals surface area contributed by atoms with Gasteiger partial charge in [-0.1, -0.05) is 170 Å². The van der Waals surface area contributed by atoms with E-state index in [1.165, 1.54) is 50.1 Å². The molecule has 53 heavy (non-hydrogen) atoms. The van der Waals surface area contributed by atoms with Crippen LogP contribution in [0.5, 0.6) is 11.5 Å². The molecule has 2 aliphatic carbocycles. The minimum Gasteiger partial charge on any atom is -0.454 e. The zero-order valence-electron chi connectivity index (χ0n) is 28.9. The highest BCUT2D eigenvalue weighted by Crippen LogP contribution is 2.62. The number of ether oxygens (including phenoxy) is 1. The predicted molar refractivity (Wildman–Crippen MR) is 218 cm³/mol. The van der Waals surface area contributed by atoms with Crippen molar-refractivity contribution in [3.63, 3.8) is 0 Å². The average Bonchev–Trinajstić information content (AvgIpc) is 3.33. The minimum atomic E-state index is -0.525. The molecule has 8 aromatic carbocycles. The van der Waals surface area contributed by atoms with Crippen molar-refractivity contribution in [2.45, 2.75) is 5.41 Å². The Morgan fingerprint density at radius 3 is 1.60 bits per heavy atom. The summed E-state index contributed by atoms with van der Waals surface area (Å²) in [5, 5.41) is 0. The van der Waals surface area contributed by atoms with Crippen LogP contribution in [0, 0.1) is 0 Å². The van der Waals surface area contributed by atoms with E-state index in [0.717, 1.165) is 45.3 Å². The lowest BCUT2D eigenvalue weighted by molar-refractivity contribution is 0.489. The van der Waals surface area contributed by atoms with E-state index in [2.05, 4.69) is 205 Å². The second kappa shape index (κ2) is 11.6. The minimum absolute atomic E-state index is 0.525. The van der Waals surface area contributed by atoms with E-state index in [9.17, 15) is 0 Å². The van der Waals surface area contributed by atoms with Gasteiger partial charge in [-0.05, 0) is 80.4 Å². The van der Waals surface area contributed by atoms with Gasteiger partial charge in [0.1, 0.15) is 5.75 Å². The van der Waals surface area contributed by atoms with Gasteiger partial charge in [-0.25, -0.2) is 0 Å². The molecule has 8 aromatic rings. The summed E-state index contributed by atoms with van der Waals surface area (Å²) in [6.45, 7) is 0. The molecule has 0 aromatic heterocycles. The second-order valence-corrected chi connectivity index (χ2v) is 14.0. The van der Waals surface area contributed by atoms with Crippen LogP contribution in [-0.2, 0) is 5.41 Å². The molecule has 0 saturated heterocycles. The summed E-state index contributed by atoms with van der Waals surface area (Å²) in [6, 6.07) is 68.1. The lowest BCUT2D eigenvalue weighted by Crippen LogP contribution is -2.30. The van der Waals surface area contributed by atoms with Gasteiger partial charge in [-0.15, -0.1) is 0 Å². The Morgan fingerprint density at radius 1 is 0.358 bits per heavy atom. The standard InChI is InChI=1S/C51H33NO/c1-2-18-36(19-3-1)52(47-30-14-24-40-38-21-7-6-20-37(38)39-22-9-13-31-48(39)53-50(40)47)46-29-15-28-45-49(46)41-23-8-12-27-44(41)51(45)42-25-10-4-16-34(42)32-33-35-17-5-11-26-43(35)51/h1-33H. The Hall–Kier alpha value is -6.90. The number of hydrogen-bond acceptors (Lipinski definition) is 2. The molecule has 1 spiro atoms. The summed E-state index contributed by atoms with van der Waals surface area (Å²) in [7, 11) is 0. The molecule has 0 atom stereocenters. The van der Waals surface area contributed by atoms with Crippen LogP contribution in [0.1, 0.15) is 33.4 Å². The van der Waals surface area contributed by atoms with Gasteiger partial charge in [0.15, 0.2) is 5.75 Å². The summed E-state index contributed by atoms with van der Waals surface area (Å²) in [5.74, 6) is 1.68. The molecule has 0 unspecified atom stereocenters. The first-order valence-electron chi connectivity index (χ1n) is 18.3. The van der Waals surface area contributed by atoms with Gasteiger partial charge in [-0.3, -0.25) is 0 Å². The highest BCUT2D eigenvalue weighted by Gasteiger charge is 2.49. The van der Waals surface area contributed by atoms with Crippen molar-refractivity contribution >= 4 is 29.2 Å². The molecule has 3 aliphatic rings. The smallest absolute Gasteiger partial charge is 0.159 e. The van der Waals surface area contributed by atoms with E-state index in [0.29, 0.717) is 0 Å². The van der Waals surface area contributed by atoms with E-state index in [-0.39, 0.29) is 0 Å². The molecule has 0 bridgehead atoms. The Balaban J connectivity index is 1.24. The van der Waals surface area contributed by atoms with Crippen LogP contribution in [0.15, 0.2) is 188 Å². The van der Waals surface area contributed by atoms with Gasteiger partial charge in [0, 0.05) is 22.4 Å². The third-order valence-corrected chi connectivity index (χ3v) is 11.3. The molecule has 0 fully saturated rings. The number of fused-ring (bicyclic) bond motifs is 14. The van der Waals surface area contributed by atoms with Crippen molar-refractivity contribution in [2.24, 2.45) is 0 Å². The summed E-state index contributed by atoms with van der Waals surface area (Å²) in [6.07, 6.45) is 4.58. The number of rotatable bonds is 3. The fourth-order valence-electron chi connectivity index (χ4n) is 9.21. The third-order valence-electron chi connectivity index (χ3n) is 11.3. The maximum absolute atomic E-state index is 7.10. The summed E-state index contributed by atoms with van der Waals surface area (Å²) < 4.78 is 7.10. The first-order valence-corrected chi connectivity index (χ1v) is 18.3. The number of para-hydroxylation sites is 3. The molecule has 1 aliphatic heterocycles. The van der Waals surface area contributed by atoms with Crippen LogP contribution < -0.4 is 9.64 Å². The van der Waals surface area contributed by atoms with E-state index in [1.807, 2.05) is 0 Å². The second-order valence-electron chi connectivity index (χ2n) is 14.0. The lowest BCUT2D eigenvalue weighted by atomic mass is 9.66. The third kappa shape index (κ3) is 4.21. The van der Waals surface area contributed by atoms with E-state index < -0.39 is 5.41 Å². The zero-order chi connectivity index (χ0) is 34.9. The molecule has 0 radical (unpaired) electrons. The van der Waals surface area contributed by atoms with Gasteiger partial charge in [0.2, 0.25) is 0 Å². The lowest BCUT2D eigenvalue weighted by Gasteiger charge is -2.36. The largest absolute Gasteiger partial charge is 0.454 e. The highest BCUT2D eigenvalue weighted by molar-refractivity contribution is 6.01. The highest BCUT2D eigenvalue weighted by atomic mass is 16.5. The summed E-state index contributed by atoms with van der Waals surface area (Å²) in [5.41, 5.74) is 17.2. The Kier molecular flexibility index (Phi) is 6.50. The van der Waals surface area contributed by atoms with Crippen LogP contribution in [0.3, 0.4) is 0 Å². The molecule has 0 N–H and O–H groups in total. The predicted octanol–water partition coefficient (Wildman–Crippen LogP) is 13.4. The Morgan fingerprint density at radius 2 is 0.868 bits per heavy atom. The van der Waals surface area contributed by atoms with Gasteiger partial charge in [0.25, 0.3) is 0 Å². The molecular formula is C51H33NO. The number of benzene rings is 8.